The van der Waals surface area contributed by atoms with E-state index in [1.165, 1.54) is 0 Å². The minimum absolute atomic E-state index is 0.0526. The van der Waals surface area contributed by atoms with Gasteiger partial charge in [-0.3, -0.25) is 9.59 Å². The van der Waals surface area contributed by atoms with E-state index in [2.05, 4.69) is 5.32 Å². The highest BCUT2D eigenvalue weighted by Gasteiger charge is 2.23. The summed E-state index contributed by atoms with van der Waals surface area (Å²) in [6, 6.07) is 13.6. The summed E-state index contributed by atoms with van der Waals surface area (Å²) in [4.78, 5) is 26.0. The van der Waals surface area contributed by atoms with Crippen molar-refractivity contribution < 1.29 is 9.59 Å². The van der Waals surface area contributed by atoms with Crippen molar-refractivity contribution >= 4 is 22.6 Å². The molecule has 0 saturated carbocycles. The van der Waals surface area contributed by atoms with Crippen molar-refractivity contribution in [3.63, 3.8) is 0 Å². The fourth-order valence-corrected chi connectivity index (χ4v) is 2.89. The zero-order valence-corrected chi connectivity index (χ0v) is 13.0. The minimum atomic E-state index is -0.151. The van der Waals surface area contributed by atoms with Crippen LogP contribution < -0.4 is 11.1 Å². The lowest BCUT2D eigenvalue weighted by Crippen LogP contribution is -2.34. The Hall–Kier alpha value is -2.40. The van der Waals surface area contributed by atoms with Crippen LogP contribution in [-0.2, 0) is 4.79 Å². The average molecular weight is 311 g/mol. The molecule has 0 bridgehead atoms. The average Bonchev–Trinajstić information content (AvgIpc) is 3.00. The highest BCUT2D eigenvalue weighted by atomic mass is 16.2. The van der Waals surface area contributed by atoms with Crippen molar-refractivity contribution in [3.05, 3.63) is 48.0 Å². The van der Waals surface area contributed by atoms with Crippen molar-refractivity contribution in [2.75, 3.05) is 19.6 Å². The molecular formula is C18H21N3O2. The summed E-state index contributed by atoms with van der Waals surface area (Å²) in [6.07, 6.45) is 1.17. The Labute approximate surface area is 135 Å². The molecule has 5 heteroatoms. The van der Waals surface area contributed by atoms with Gasteiger partial charge in [-0.1, -0.05) is 30.3 Å². The van der Waals surface area contributed by atoms with Gasteiger partial charge in [-0.15, -0.1) is 0 Å². The van der Waals surface area contributed by atoms with Crippen molar-refractivity contribution in [2.24, 2.45) is 5.73 Å². The lowest BCUT2D eigenvalue weighted by molar-refractivity contribution is -0.130. The Morgan fingerprint density at radius 2 is 1.96 bits per heavy atom. The highest BCUT2D eigenvalue weighted by Crippen LogP contribution is 2.15. The molecule has 1 aliphatic rings. The van der Waals surface area contributed by atoms with Gasteiger partial charge in [0.25, 0.3) is 5.91 Å². The summed E-state index contributed by atoms with van der Waals surface area (Å²) in [5.74, 6) is -0.0987. The second kappa shape index (κ2) is 6.79. The van der Waals surface area contributed by atoms with Crippen LogP contribution in [0.15, 0.2) is 42.5 Å². The first kappa shape index (κ1) is 15.5. The summed E-state index contributed by atoms with van der Waals surface area (Å²) < 4.78 is 0. The summed E-state index contributed by atoms with van der Waals surface area (Å²) in [5, 5.41) is 4.94. The SMILES string of the molecule is N[C@@H]1CCN(C(=O)CCNC(=O)c2ccc3ccccc3c2)C1. The first-order valence-electron chi connectivity index (χ1n) is 7.94. The largest absolute Gasteiger partial charge is 0.352 e. The van der Waals surface area contributed by atoms with E-state index in [1.54, 1.807) is 11.0 Å². The van der Waals surface area contributed by atoms with E-state index in [4.69, 9.17) is 5.73 Å². The van der Waals surface area contributed by atoms with Crippen LogP contribution in [0.1, 0.15) is 23.2 Å². The normalized spacial score (nSPS) is 17.4. The second-order valence-electron chi connectivity index (χ2n) is 5.96. The maximum absolute atomic E-state index is 12.2. The number of amides is 2. The molecule has 0 unspecified atom stereocenters. The van der Waals surface area contributed by atoms with Crippen LogP contribution in [0.25, 0.3) is 10.8 Å². The number of nitrogens with zero attached hydrogens (tertiary/aromatic N) is 1. The van der Waals surface area contributed by atoms with Crippen molar-refractivity contribution in [3.8, 4) is 0 Å². The molecule has 0 aromatic heterocycles. The van der Waals surface area contributed by atoms with E-state index in [9.17, 15) is 9.59 Å². The Bertz CT molecular complexity index is 729. The van der Waals surface area contributed by atoms with Gasteiger partial charge in [0.15, 0.2) is 0 Å². The van der Waals surface area contributed by atoms with E-state index in [0.29, 0.717) is 25.1 Å². The number of benzene rings is 2. The van der Waals surface area contributed by atoms with Gasteiger partial charge < -0.3 is 16.0 Å². The first-order valence-corrected chi connectivity index (χ1v) is 7.94. The molecule has 23 heavy (non-hydrogen) atoms. The van der Waals surface area contributed by atoms with Crippen molar-refractivity contribution in [1.82, 2.24) is 10.2 Å². The Balaban J connectivity index is 1.53. The predicted molar refractivity (Wildman–Crippen MR) is 90.1 cm³/mol. The lowest BCUT2D eigenvalue weighted by atomic mass is 10.1. The van der Waals surface area contributed by atoms with Crippen LogP contribution in [0, 0.1) is 0 Å². The fourth-order valence-electron chi connectivity index (χ4n) is 2.89. The number of nitrogens with two attached hydrogens (primary N) is 1. The van der Waals surface area contributed by atoms with E-state index >= 15 is 0 Å². The number of rotatable bonds is 4. The molecule has 2 amide bonds. The molecule has 2 aromatic carbocycles. The van der Waals surface area contributed by atoms with Gasteiger partial charge in [-0.25, -0.2) is 0 Å². The zero-order chi connectivity index (χ0) is 16.2. The fraction of sp³-hybridized carbons (Fsp3) is 0.333. The number of hydrogen-bond donors (Lipinski definition) is 2. The number of fused-ring (bicyclic) bond motifs is 1. The molecule has 0 aliphatic carbocycles. The molecule has 120 valence electrons. The Morgan fingerprint density at radius 1 is 1.17 bits per heavy atom. The number of hydrogen-bond acceptors (Lipinski definition) is 3. The Kier molecular flexibility index (Phi) is 4.57. The van der Waals surface area contributed by atoms with E-state index in [0.717, 1.165) is 23.7 Å². The lowest BCUT2D eigenvalue weighted by Gasteiger charge is -2.15. The van der Waals surface area contributed by atoms with Crippen molar-refractivity contribution in [1.29, 1.82) is 0 Å². The first-order chi connectivity index (χ1) is 11.1. The molecule has 0 radical (unpaired) electrons. The third kappa shape index (κ3) is 3.68. The molecule has 3 rings (SSSR count). The van der Waals surface area contributed by atoms with Gasteiger partial charge in [-0.05, 0) is 29.3 Å². The number of carbonyl (C=O) groups is 2. The monoisotopic (exact) mass is 311 g/mol. The van der Waals surface area contributed by atoms with Gasteiger partial charge in [0, 0.05) is 37.7 Å². The van der Waals surface area contributed by atoms with Gasteiger partial charge in [0.1, 0.15) is 0 Å². The maximum atomic E-state index is 12.2. The van der Waals surface area contributed by atoms with E-state index in [-0.39, 0.29) is 17.9 Å². The van der Waals surface area contributed by atoms with Gasteiger partial charge in [0.2, 0.25) is 5.91 Å². The molecule has 1 aliphatic heterocycles. The van der Waals surface area contributed by atoms with E-state index in [1.807, 2.05) is 36.4 Å². The quantitative estimate of drug-likeness (QED) is 0.899. The molecule has 3 N–H and O–H groups in total. The summed E-state index contributed by atoms with van der Waals surface area (Å²) in [7, 11) is 0. The molecule has 2 aromatic rings. The maximum Gasteiger partial charge on any atom is 0.251 e. The summed E-state index contributed by atoms with van der Waals surface area (Å²) in [6.45, 7) is 1.69. The Morgan fingerprint density at radius 3 is 2.70 bits per heavy atom. The standard InChI is InChI=1S/C18H21N3O2/c19-16-8-10-21(12-16)17(22)7-9-20-18(23)15-6-5-13-3-1-2-4-14(13)11-15/h1-6,11,16H,7-10,12,19H2,(H,20,23)/t16-/m1/s1. The van der Waals surface area contributed by atoms with Crippen molar-refractivity contribution in [2.45, 2.75) is 18.9 Å². The van der Waals surface area contributed by atoms with Crippen LogP contribution >= 0.6 is 0 Å². The molecular weight excluding hydrogens is 290 g/mol. The third-order valence-electron chi connectivity index (χ3n) is 4.21. The molecule has 1 heterocycles. The summed E-state index contributed by atoms with van der Waals surface area (Å²) >= 11 is 0. The van der Waals surface area contributed by atoms with Gasteiger partial charge in [0.05, 0.1) is 0 Å². The number of carbonyl (C=O) groups excluding carboxylic acids is 2. The second-order valence-corrected chi connectivity index (χ2v) is 5.96. The molecule has 1 atom stereocenters. The minimum Gasteiger partial charge on any atom is -0.352 e. The molecule has 1 fully saturated rings. The smallest absolute Gasteiger partial charge is 0.251 e. The number of likely N-dealkylation sites (tertiary alicyclic amines) is 1. The zero-order valence-electron chi connectivity index (χ0n) is 13.0. The van der Waals surface area contributed by atoms with Crippen LogP contribution in [0.5, 0.6) is 0 Å². The van der Waals surface area contributed by atoms with E-state index < -0.39 is 0 Å². The third-order valence-corrected chi connectivity index (χ3v) is 4.21. The number of nitrogens with one attached hydrogen (secondary N) is 1. The molecule has 5 nitrogen and oxygen atoms in total. The van der Waals surface area contributed by atoms with Crippen LogP contribution in [0.2, 0.25) is 0 Å². The van der Waals surface area contributed by atoms with Gasteiger partial charge >= 0.3 is 0 Å². The highest BCUT2D eigenvalue weighted by molar-refractivity contribution is 5.98. The van der Waals surface area contributed by atoms with Gasteiger partial charge in [-0.2, -0.15) is 0 Å². The van der Waals surface area contributed by atoms with Crippen LogP contribution in [0.4, 0.5) is 0 Å². The van der Waals surface area contributed by atoms with Crippen LogP contribution in [0.3, 0.4) is 0 Å². The summed E-state index contributed by atoms with van der Waals surface area (Å²) in [5.41, 5.74) is 6.41. The molecule has 0 spiro atoms. The predicted octanol–water partition coefficient (Wildman–Crippen LogP) is 1.52. The van der Waals surface area contributed by atoms with Crippen LogP contribution in [-0.4, -0.2) is 42.4 Å². The molecule has 1 saturated heterocycles. The topological polar surface area (TPSA) is 75.4 Å².